The summed E-state index contributed by atoms with van der Waals surface area (Å²) < 4.78 is 11.0. The molecule has 0 amide bonds. The van der Waals surface area contributed by atoms with E-state index in [0.717, 1.165) is 49.4 Å². The molecular weight excluding hydrogens is 427 g/mol. The second-order valence-electron chi connectivity index (χ2n) is 8.36. The van der Waals surface area contributed by atoms with Crippen LogP contribution in [0.3, 0.4) is 0 Å². The Morgan fingerprint density at radius 2 is 1.52 bits per heavy atom. The molecule has 1 aliphatic rings. The molecule has 1 fully saturated rings. The van der Waals surface area contributed by atoms with Crippen LogP contribution in [0.25, 0.3) is 0 Å². The van der Waals surface area contributed by atoms with Crippen LogP contribution in [0.2, 0.25) is 0 Å². The Morgan fingerprint density at radius 3 is 2.19 bits per heavy atom. The standard InChI is InChI=1S/C27H28Cl2O2/c1-2-30-23-15-13-22(14-16-23)26(19-27(28,29)20-26)17-7-9-21-8-6-12-25(18-21)31-24-10-4-3-5-11-24/h3-6,8,10-16,18H,2,7,9,17,19-20H2,1H3. The first-order valence-corrected chi connectivity index (χ1v) is 11.7. The molecule has 1 aliphatic carbocycles. The van der Waals surface area contributed by atoms with Gasteiger partial charge in [-0.2, -0.15) is 0 Å². The van der Waals surface area contributed by atoms with Gasteiger partial charge in [-0.05, 0) is 86.6 Å². The molecule has 0 radical (unpaired) electrons. The number of aryl methyl sites for hydroxylation is 1. The predicted molar refractivity (Wildman–Crippen MR) is 129 cm³/mol. The molecular formula is C27H28Cl2O2. The summed E-state index contributed by atoms with van der Waals surface area (Å²) in [7, 11) is 0. The van der Waals surface area contributed by atoms with Crippen molar-refractivity contribution in [1.29, 1.82) is 0 Å². The summed E-state index contributed by atoms with van der Waals surface area (Å²) in [5, 5.41) is 0. The van der Waals surface area contributed by atoms with Gasteiger partial charge in [0, 0.05) is 5.41 Å². The van der Waals surface area contributed by atoms with E-state index in [4.69, 9.17) is 32.7 Å². The molecule has 0 heterocycles. The van der Waals surface area contributed by atoms with Crippen LogP contribution in [0.1, 0.15) is 43.7 Å². The van der Waals surface area contributed by atoms with Crippen molar-refractivity contribution in [1.82, 2.24) is 0 Å². The fourth-order valence-electron chi connectivity index (χ4n) is 4.55. The SMILES string of the molecule is CCOc1ccc(C2(CCCc3cccc(Oc4ccccc4)c3)CC(Cl)(Cl)C2)cc1. The first kappa shape index (κ1) is 22.0. The molecule has 3 aromatic rings. The number of hydrogen-bond acceptors (Lipinski definition) is 2. The second-order valence-corrected chi connectivity index (χ2v) is 10.0. The third-order valence-electron chi connectivity index (χ3n) is 5.97. The quantitative estimate of drug-likeness (QED) is 0.304. The molecule has 4 rings (SSSR count). The average molecular weight is 455 g/mol. The van der Waals surface area contributed by atoms with Crippen molar-refractivity contribution in [3.05, 3.63) is 90.0 Å². The molecule has 0 bridgehead atoms. The van der Waals surface area contributed by atoms with Crippen LogP contribution in [-0.4, -0.2) is 10.9 Å². The van der Waals surface area contributed by atoms with Crippen LogP contribution >= 0.6 is 23.2 Å². The zero-order chi connectivity index (χ0) is 21.7. The molecule has 162 valence electrons. The molecule has 0 aromatic heterocycles. The number of benzene rings is 3. The maximum atomic E-state index is 6.44. The summed E-state index contributed by atoms with van der Waals surface area (Å²) in [5.74, 6) is 2.62. The second kappa shape index (κ2) is 9.54. The first-order valence-electron chi connectivity index (χ1n) is 10.9. The summed E-state index contributed by atoms with van der Waals surface area (Å²) in [6.45, 7) is 2.67. The number of rotatable bonds is 9. The summed E-state index contributed by atoms with van der Waals surface area (Å²) in [5.41, 5.74) is 2.61. The summed E-state index contributed by atoms with van der Waals surface area (Å²) in [6, 6.07) is 26.7. The molecule has 1 saturated carbocycles. The fourth-order valence-corrected chi connectivity index (χ4v) is 5.58. The van der Waals surface area contributed by atoms with E-state index in [2.05, 4.69) is 30.3 Å². The maximum absolute atomic E-state index is 6.44. The Bertz CT molecular complexity index is 976. The van der Waals surface area contributed by atoms with Gasteiger partial charge in [0.25, 0.3) is 0 Å². The first-order chi connectivity index (χ1) is 15.0. The van der Waals surface area contributed by atoms with Gasteiger partial charge in [0.2, 0.25) is 0 Å². The topological polar surface area (TPSA) is 18.5 Å². The van der Waals surface area contributed by atoms with Gasteiger partial charge >= 0.3 is 0 Å². The molecule has 0 saturated heterocycles. The fraction of sp³-hybridized carbons (Fsp3) is 0.333. The lowest BCUT2D eigenvalue weighted by molar-refractivity contribution is 0.204. The minimum Gasteiger partial charge on any atom is -0.494 e. The maximum Gasteiger partial charge on any atom is 0.127 e. The number of ether oxygens (including phenoxy) is 2. The van der Waals surface area contributed by atoms with Crippen molar-refractivity contribution in [2.45, 2.75) is 48.8 Å². The van der Waals surface area contributed by atoms with E-state index in [9.17, 15) is 0 Å². The van der Waals surface area contributed by atoms with Gasteiger partial charge in [-0.15, -0.1) is 23.2 Å². The van der Waals surface area contributed by atoms with Crippen LogP contribution < -0.4 is 9.47 Å². The van der Waals surface area contributed by atoms with Gasteiger partial charge in [0.15, 0.2) is 0 Å². The summed E-state index contributed by atoms with van der Waals surface area (Å²) in [4.78, 5) is 0. The van der Waals surface area contributed by atoms with Gasteiger partial charge < -0.3 is 9.47 Å². The van der Waals surface area contributed by atoms with Gasteiger partial charge in [0.1, 0.15) is 21.6 Å². The van der Waals surface area contributed by atoms with Crippen LogP contribution in [0.15, 0.2) is 78.9 Å². The normalized spacial score (nSPS) is 16.4. The highest BCUT2D eigenvalue weighted by Gasteiger charge is 2.53. The molecule has 2 nitrogen and oxygen atoms in total. The summed E-state index contributed by atoms with van der Waals surface area (Å²) >= 11 is 12.9. The van der Waals surface area contributed by atoms with Crippen LogP contribution in [0.4, 0.5) is 0 Å². The molecule has 31 heavy (non-hydrogen) atoms. The lowest BCUT2D eigenvalue weighted by Crippen LogP contribution is -2.48. The highest BCUT2D eigenvalue weighted by atomic mass is 35.5. The summed E-state index contributed by atoms with van der Waals surface area (Å²) in [6.07, 6.45) is 4.67. The van der Waals surface area contributed by atoms with E-state index in [0.29, 0.717) is 6.61 Å². The Balaban J connectivity index is 1.40. The van der Waals surface area contributed by atoms with Crippen molar-refractivity contribution in [3.63, 3.8) is 0 Å². The largest absolute Gasteiger partial charge is 0.494 e. The van der Waals surface area contributed by atoms with Gasteiger partial charge in [-0.3, -0.25) is 0 Å². The molecule has 0 unspecified atom stereocenters. The Labute approximate surface area is 195 Å². The van der Waals surface area contributed by atoms with Crippen LogP contribution in [0, 0.1) is 0 Å². The monoisotopic (exact) mass is 454 g/mol. The van der Waals surface area contributed by atoms with E-state index in [1.54, 1.807) is 0 Å². The van der Waals surface area contributed by atoms with E-state index in [1.807, 2.05) is 55.5 Å². The highest BCUT2D eigenvalue weighted by Crippen LogP contribution is 2.58. The van der Waals surface area contributed by atoms with Gasteiger partial charge in [-0.1, -0.05) is 42.5 Å². The zero-order valence-electron chi connectivity index (χ0n) is 17.8. The van der Waals surface area contributed by atoms with Crippen molar-refractivity contribution in [2.75, 3.05) is 6.61 Å². The minimum atomic E-state index is -0.623. The Hall–Kier alpha value is -2.16. The third kappa shape index (κ3) is 5.56. The Kier molecular flexibility index (Phi) is 6.79. The van der Waals surface area contributed by atoms with Crippen molar-refractivity contribution in [3.8, 4) is 17.2 Å². The Morgan fingerprint density at radius 1 is 0.806 bits per heavy atom. The van der Waals surface area contributed by atoms with E-state index in [1.165, 1.54) is 11.1 Å². The van der Waals surface area contributed by atoms with Gasteiger partial charge in [-0.25, -0.2) is 0 Å². The highest BCUT2D eigenvalue weighted by molar-refractivity contribution is 6.49. The molecule has 0 N–H and O–H groups in total. The lowest BCUT2D eigenvalue weighted by Gasteiger charge is -2.50. The van der Waals surface area contributed by atoms with E-state index in [-0.39, 0.29) is 5.41 Å². The smallest absolute Gasteiger partial charge is 0.127 e. The van der Waals surface area contributed by atoms with Crippen LogP contribution in [-0.2, 0) is 11.8 Å². The van der Waals surface area contributed by atoms with E-state index < -0.39 is 4.33 Å². The average Bonchev–Trinajstić information content (AvgIpc) is 2.74. The zero-order valence-corrected chi connectivity index (χ0v) is 19.3. The molecule has 0 atom stereocenters. The lowest BCUT2D eigenvalue weighted by atomic mass is 9.61. The van der Waals surface area contributed by atoms with E-state index >= 15 is 0 Å². The third-order valence-corrected chi connectivity index (χ3v) is 6.50. The van der Waals surface area contributed by atoms with Crippen molar-refractivity contribution >= 4 is 23.2 Å². The molecule has 0 aliphatic heterocycles. The predicted octanol–water partition coefficient (Wildman–Crippen LogP) is 8.11. The molecule has 4 heteroatoms. The van der Waals surface area contributed by atoms with Crippen LogP contribution in [0.5, 0.6) is 17.2 Å². The number of halogens is 2. The number of alkyl halides is 2. The molecule has 0 spiro atoms. The number of para-hydroxylation sites is 1. The molecule has 3 aromatic carbocycles. The van der Waals surface area contributed by atoms with Crippen molar-refractivity contribution < 1.29 is 9.47 Å². The van der Waals surface area contributed by atoms with Crippen molar-refractivity contribution in [2.24, 2.45) is 0 Å². The van der Waals surface area contributed by atoms with Gasteiger partial charge in [0.05, 0.1) is 6.61 Å². The minimum absolute atomic E-state index is 0.0341. The number of hydrogen-bond donors (Lipinski definition) is 0.